The number of halogens is 1. The highest BCUT2D eigenvalue weighted by Gasteiger charge is 2.34. The third-order valence-electron chi connectivity index (χ3n) is 3.75. The highest BCUT2D eigenvalue weighted by atomic mass is 35.5. The van der Waals surface area contributed by atoms with Crippen LogP contribution in [0.15, 0.2) is 30.3 Å². The maximum absolute atomic E-state index is 12.1. The minimum absolute atomic E-state index is 0. The van der Waals surface area contributed by atoms with Gasteiger partial charge in [-0.15, -0.1) is 12.4 Å². The molecule has 0 heterocycles. The van der Waals surface area contributed by atoms with Crippen molar-refractivity contribution in [2.24, 2.45) is 17.6 Å². The average molecular weight is 283 g/mol. The van der Waals surface area contributed by atoms with Gasteiger partial charge in [-0.1, -0.05) is 37.3 Å². The molecule has 1 amide bonds. The lowest BCUT2D eigenvalue weighted by molar-refractivity contribution is -0.125. The van der Waals surface area contributed by atoms with Crippen molar-refractivity contribution in [3.05, 3.63) is 35.9 Å². The third-order valence-corrected chi connectivity index (χ3v) is 3.75. The Hall–Kier alpha value is -1.06. The van der Waals surface area contributed by atoms with Crippen LogP contribution in [-0.2, 0) is 4.79 Å². The number of rotatable bonds is 5. The van der Waals surface area contributed by atoms with Crippen LogP contribution in [0.25, 0.3) is 0 Å². The summed E-state index contributed by atoms with van der Waals surface area (Å²) in [5.41, 5.74) is 6.98. The van der Waals surface area contributed by atoms with Crippen LogP contribution in [0.2, 0.25) is 0 Å². The molecule has 0 aliphatic heterocycles. The topological polar surface area (TPSA) is 55.1 Å². The fourth-order valence-corrected chi connectivity index (χ4v) is 2.09. The molecule has 1 fully saturated rings. The lowest BCUT2D eigenvalue weighted by atomic mass is 9.99. The first-order valence-electron chi connectivity index (χ1n) is 6.70. The van der Waals surface area contributed by atoms with Gasteiger partial charge in [-0.2, -0.15) is 0 Å². The molecule has 0 aromatic heterocycles. The maximum atomic E-state index is 12.1. The molecule has 106 valence electrons. The predicted molar refractivity (Wildman–Crippen MR) is 80.1 cm³/mol. The second-order valence-corrected chi connectivity index (χ2v) is 5.38. The monoisotopic (exact) mass is 282 g/mol. The Bertz CT molecular complexity index is 404. The lowest BCUT2D eigenvalue weighted by Crippen LogP contribution is -2.40. The number of nitrogens with two attached hydrogens (primary N) is 1. The molecule has 1 saturated carbocycles. The van der Waals surface area contributed by atoms with E-state index >= 15 is 0 Å². The van der Waals surface area contributed by atoms with Crippen molar-refractivity contribution < 1.29 is 4.79 Å². The number of nitrogens with one attached hydrogen (secondary N) is 1. The molecule has 4 heteroatoms. The van der Waals surface area contributed by atoms with Crippen LogP contribution in [0.4, 0.5) is 0 Å². The molecule has 0 radical (unpaired) electrons. The van der Waals surface area contributed by atoms with Gasteiger partial charge in [0.1, 0.15) is 0 Å². The number of carbonyl (C=O) groups is 1. The molecule has 0 spiro atoms. The number of hydrogen-bond acceptors (Lipinski definition) is 2. The van der Waals surface area contributed by atoms with Crippen molar-refractivity contribution in [2.75, 3.05) is 0 Å². The molecular weight excluding hydrogens is 260 g/mol. The summed E-state index contributed by atoms with van der Waals surface area (Å²) in [7, 11) is 0. The second kappa shape index (κ2) is 6.92. The molecule has 1 aliphatic rings. The van der Waals surface area contributed by atoms with Crippen molar-refractivity contribution in [1.82, 2.24) is 5.32 Å². The number of benzene rings is 1. The van der Waals surface area contributed by atoms with Crippen molar-refractivity contribution in [2.45, 2.75) is 38.8 Å². The summed E-state index contributed by atoms with van der Waals surface area (Å²) in [5, 5.41) is 3.16. The zero-order valence-electron chi connectivity index (χ0n) is 11.5. The van der Waals surface area contributed by atoms with E-state index in [1.54, 1.807) is 0 Å². The summed E-state index contributed by atoms with van der Waals surface area (Å²) in [6, 6.07) is 10.2. The Morgan fingerprint density at radius 3 is 2.32 bits per heavy atom. The summed E-state index contributed by atoms with van der Waals surface area (Å²) in [4.78, 5) is 12.1. The fourth-order valence-electron chi connectivity index (χ4n) is 2.09. The molecule has 1 aliphatic carbocycles. The van der Waals surface area contributed by atoms with Crippen molar-refractivity contribution in [3.63, 3.8) is 0 Å². The van der Waals surface area contributed by atoms with E-state index in [1.807, 2.05) is 32.0 Å². The first-order valence-corrected chi connectivity index (χ1v) is 6.70. The van der Waals surface area contributed by atoms with Gasteiger partial charge in [-0.25, -0.2) is 0 Å². The highest BCUT2D eigenvalue weighted by Crippen LogP contribution is 2.41. The van der Waals surface area contributed by atoms with Gasteiger partial charge in [-0.3, -0.25) is 4.79 Å². The molecule has 0 bridgehead atoms. The fraction of sp³-hybridized carbons (Fsp3) is 0.533. The zero-order chi connectivity index (χ0) is 13.1. The molecule has 3 atom stereocenters. The van der Waals surface area contributed by atoms with Crippen LogP contribution in [0, 0.1) is 11.8 Å². The van der Waals surface area contributed by atoms with E-state index in [4.69, 9.17) is 5.73 Å². The maximum Gasteiger partial charge on any atom is 0.224 e. The van der Waals surface area contributed by atoms with Crippen molar-refractivity contribution >= 4 is 18.3 Å². The van der Waals surface area contributed by atoms with Crippen LogP contribution < -0.4 is 11.1 Å². The van der Waals surface area contributed by atoms with Gasteiger partial charge in [-0.05, 0) is 31.2 Å². The zero-order valence-corrected chi connectivity index (χ0v) is 12.3. The molecule has 3 unspecified atom stereocenters. The third kappa shape index (κ3) is 4.22. The molecule has 1 aromatic carbocycles. The Kier molecular flexibility index (Phi) is 5.83. The van der Waals surface area contributed by atoms with Crippen LogP contribution in [0.1, 0.15) is 38.3 Å². The SMILES string of the molecule is CC(N)C(C)C(=O)NC(c1ccccc1)C1CC1.Cl. The quantitative estimate of drug-likeness (QED) is 0.872. The summed E-state index contributed by atoms with van der Waals surface area (Å²) in [5.74, 6) is 0.511. The van der Waals surface area contributed by atoms with Crippen LogP contribution in [0.3, 0.4) is 0 Å². The molecule has 2 rings (SSSR count). The van der Waals surface area contributed by atoms with Crippen LogP contribution in [0.5, 0.6) is 0 Å². The van der Waals surface area contributed by atoms with E-state index in [-0.39, 0.29) is 36.3 Å². The van der Waals surface area contributed by atoms with E-state index in [2.05, 4.69) is 17.4 Å². The van der Waals surface area contributed by atoms with E-state index in [0.29, 0.717) is 5.92 Å². The first kappa shape index (κ1) is 16.0. The second-order valence-electron chi connectivity index (χ2n) is 5.38. The van der Waals surface area contributed by atoms with Gasteiger partial charge in [0.25, 0.3) is 0 Å². The highest BCUT2D eigenvalue weighted by molar-refractivity contribution is 5.85. The molecule has 0 saturated heterocycles. The van der Waals surface area contributed by atoms with Crippen molar-refractivity contribution in [1.29, 1.82) is 0 Å². The largest absolute Gasteiger partial charge is 0.349 e. The van der Waals surface area contributed by atoms with Crippen LogP contribution in [-0.4, -0.2) is 11.9 Å². The predicted octanol–water partition coefficient (Wildman–Crippen LogP) is 2.66. The smallest absolute Gasteiger partial charge is 0.224 e. The van der Waals surface area contributed by atoms with E-state index in [1.165, 1.54) is 18.4 Å². The van der Waals surface area contributed by atoms with Gasteiger partial charge in [0.2, 0.25) is 5.91 Å². The average Bonchev–Trinajstić information content (AvgIpc) is 3.20. The molecular formula is C15H23ClN2O. The lowest BCUT2D eigenvalue weighted by Gasteiger charge is -2.22. The van der Waals surface area contributed by atoms with Gasteiger partial charge < -0.3 is 11.1 Å². The van der Waals surface area contributed by atoms with E-state index in [9.17, 15) is 4.79 Å². The Labute approximate surface area is 121 Å². The number of amides is 1. The van der Waals surface area contributed by atoms with Gasteiger partial charge in [0, 0.05) is 12.0 Å². The number of carbonyl (C=O) groups excluding carboxylic acids is 1. The molecule has 3 nitrogen and oxygen atoms in total. The summed E-state index contributed by atoms with van der Waals surface area (Å²) in [6.45, 7) is 3.76. The standard InChI is InChI=1S/C15H22N2O.ClH/c1-10(11(2)16)15(18)17-14(13-8-9-13)12-6-4-3-5-7-12;/h3-7,10-11,13-14H,8-9,16H2,1-2H3,(H,17,18);1H. The Morgan fingerprint density at radius 1 is 1.26 bits per heavy atom. The van der Waals surface area contributed by atoms with E-state index < -0.39 is 0 Å². The van der Waals surface area contributed by atoms with Gasteiger partial charge in [0.05, 0.1) is 6.04 Å². The van der Waals surface area contributed by atoms with Gasteiger partial charge >= 0.3 is 0 Å². The summed E-state index contributed by atoms with van der Waals surface area (Å²) >= 11 is 0. The Morgan fingerprint density at radius 2 is 1.84 bits per heavy atom. The van der Waals surface area contributed by atoms with Crippen molar-refractivity contribution in [3.8, 4) is 0 Å². The van der Waals surface area contributed by atoms with Crippen LogP contribution >= 0.6 is 12.4 Å². The molecule has 3 N–H and O–H groups in total. The minimum Gasteiger partial charge on any atom is -0.349 e. The minimum atomic E-state index is -0.144. The van der Waals surface area contributed by atoms with E-state index in [0.717, 1.165) is 0 Å². The summed E-state index contributed by atoms with van der Waals surface area (Å²) < 4.78 is 0. The molecule has 1 aromatic rings. The van der Waals surface area contributed by atoms with Gasteiger partial charge in [0.15, 0.2) is 0 Å². The normalized spacial score (nSPS) is 18.9. The molecule has 19 heavy (non-hydrogen) atoms. The Balaban J connectivity index is 0.00000180. The summed E-state index contributed by atoms with van der Waals surface area (Å²) in [6.07, 6.45) is 2.40. The number of hydrogen-bond donors (Lipinski definition) is 2. The first-order chi connectivity index (χ1) is 8.59.